The molecule has 1 unspecified atom stereocenters. The summed E-state index contributed by atoms with van der Waals surface area (Å²) in [6.45, 7) is -0.162. The minimum absolute atomic E-state index is 0.0880. The van der Waals surface area contributed by atoms with E-state index in [1.807, 2.05) is 0 Å². The molecular weight excluding hydrogens is 266 g/mol. The molecule has 5 N–H and O–H groups in total. The smallest absolute Gasteiger partial charge is 0.312 e. The van der Waals surface area contributed by atoms with Gasteiger partial charge in [0.2, 0.25) is 0 Å². The number of rotatable bonds is 3. The lowest BCUT2D eigenvalue weighted by Crippen LogP contribution is -2.21. The highest BCUT2D eigenvalue weighted by Crippen LogP contribution is 2.38. The van der Waals surface area contributed by atoms with Gasteiger partial charge in [0.1, 0.15) is 0 Å². The van der Waals surface area contributed by atoms with Gasteiger partial charge in [-0.1, -0.05) is 15.9 Å². The summed E-state index contributed by atoms with van der Waals surface area (Å²) >= 11 is 3.10. The second-order valence-electron chi connectivity index (χ2n) is 2.96. The second-order valence-corrected chi connectivity index (χ2v) is 3.81. The molecule has 0 spiro atoms. The Morgan fingerprint density at radius 1 is 1.47 bits per heavy atom. The van der Waals surface area contributed by atoms with Gasteiger partial charge in [-0.05, 0) is 12.1 Å². The van der Waals surface area contributed by atoms with Crippen LogP contribution in [0.2, 0.25) is 0 Å². The van der Waals surface area contributed by atoms with Crippen molar-refractivity contribution >= 4 is 21.9 Å². The highest BCUT2D eigenvalue weighted by atomic mass is 79.9. The number of carbonyl (C=O) groups is 1. The molecule has 0 heterocycles. The molecule has 6 heteroatoms. The summed E-state index contributed by atoms with van der Waals surface area (Å²) in [6.07, 6.45) is 0. The van der Waals surface area contributed by atoms with Crippen LogP contribution in [0.3, 0.4) is 0 Å². The number of benzene rings is 1. The van der Waals surface area contributed by atoms with Crippen LogP contribution >= 0.6 is 15.9 Å². The zero-order valence-electron chi connectivity index (χ0n) is 7.64. The van der Waals surface area contributed by atoms with Crippen LogP contribution in [0, 0.1) is 0 Å². The van der Waals surface area contributed by atoms with Gasteiger partial charge in [-0.15, -0.1) is 0 Å². The van der Waals surface area contributed by atoms with Crippen molar-refractivity contribution in [3.8, 4) is 11.5 Å². The molecule has 1 rings (SSSR count). The molecule has 1 atom stereocenters. The Morgan fingerprint density at radius 2 is 2.07 bits per heavy atom. The maximum atomic E-state index is 10.9. The van der Waals surface area contributed by atoms with Gasteiger partial charge >= 0.3 is 5.97 Å². The third kappa shape index (κ3) is 2.21. The van der Waals surface area contributed by atoms with Crippen molar-refractivity contribution in [3.05, 3.63) is 22.2 Å². The Bertz CT molecular complexity index is 394. The van der Waals surface area contributed by atoms with Gasteiger partial charge in [-0.25, -0.2) is 0 Å². The summed E-state index contributed by atoms with van der Waals surface area (Å²) in [5.41, 5.74) is 5.39. The Kier molecular flexibility index (Phi) is 3.54. The highest BCUT2D eigenvalue weighted by molar-refractivity contribution is 9.10. The van der Waals surface area contributed by atoms with Crippen LogP contribution in [0.25, 0.3) is 0 Å². The van der Waals surface area contributed by atoms with Crippen LogP contribution < -0.4 is 5.73 Å². The van der Waals surface area contributed by atoms with Crippen LogP contribution in [0.15, 0.2) is 16.6 Å². The molecule has 1 aromatic carbocycles. The van der Waals surface area contributed by atoms with Crippen LogP contribution in [-0.4, -0.2) is 27.8 Å². The van der Waals surface area contributed by atoms with Gasteiger partial charge in [0.15, 0.2) is 11.5 Å². The number of carboxylic acid groups (broad SMARTS) is 1. The van der Waals surface area contributed by atoms with E-state index in [-0.39, 0.29) is 17.9 Å². The normalized spacial score (nSPS) is 12.4. The van der Waals surface area contributed by atoms with Gasteiger partial charge in [0.25, 0.3) is 0 Å². The number of phenolic OH excluding ortho intramolecular Hbond substituents is 2. The van der Waals surface area contributed by atoms with Gasteiger partial charge in [-0.3, -0.25) is 4.79 Å². The van der Waals surface area contributed by atoms with E-state index in [4.69, 9.17) is 10.8 Å². The van der Waals surface area contributed by atoms with Crippen molar-refractivity contribution < 1.29 is 20.1 Å². The summed E-state index contributed by atoms with van der Waals surface area (Å²) in [6, 6.07) is 2.72. The molecule has 0 radical (unpaired) electrons. The third-order valence-electron chi connectivity index (χ3n) is 2.02. The average Bonchev–Trinajstić information content (AvgIpc) is 2.18. The number of phenols is 2. The Morgan fingerprint density at radius 3 is 2.53 bits per heavy atom. The number of hydrogen-bond acceptors (Lipinski definition) is 4. The largest absolute Gasteiger partial charge is 0.504 e. The quantitative estimate of drug-likeness (QED) is 0.616. The predicted molar refractivity (Wildman–Crippen MR) is 56.9 cm³/mol. The predicted octanol–water partition coefficient (Wildman–Crippen LogP) is 0.987. The molecule has 0 bridgehead atoms. The molecule has 15 heavy (non-hydrogen) atoms. The Hall–Kier alpha value is -1.27. The van der Waals surface area contributed by atoms with Crippen molar-refractivity contribution in [2.24, 2.45) is 5.73 Å². The minimum Gasteiger partial charge on any atom is -0.504 e. The molecule has 0 aliphatic rings. The second kappa shape index (κ2) is 4.50. The molecule has 0 aromatic heterocycles. The molecule has 0 aliphatic heterocycles. The first kappa shape index (κ1) is 11.8. The topological polar surface area (TPSA) is 104 Å². The van der Waals surface area contributed by atoms with Crippen molar-refractivity contribution in [1.29, 1.82) is 0 Å². The summed E-state index contributed by atoms with van der Waals surface area (Å²) < 4.78 is 0.399. The summed E-state index contributed by atoms with van der Waals surface area (Å²) in [5.74, 6) is -3.03. The first-order valence-electron chi connectivity index (χ1n) is 4.12. The monoisotopic (exact) mass is 275 g/mol. The maximum Gasteiger partial charge on any atom is 0.312 e. The zero-order valence-corrected chi connectivity index (χ0v) is 9.23. The minimum atomic E-state index is -1.15. The molecule has 0 saturated carbocycles. The van der Waals surface area contributed by atoms with E-state index in [0.29, 0.717) is 4.47 Å². The number of carboxylic acids is 1. The molecule has 5 nitrogen and oxygen atoms in total. The zero-order chi connectivity index (χ0) is 11.6. The van der Waals surface area contributed by atoms with E-state index in [0.717, 1.165) is 0 Å². The molecule has 82 valence electrons. The maximum absolute atomic E-state index is 10.9. The molecule has 0 amide bonds. The van der Waals surface area contributed by atoms with Crippen molar-refractivity contribution in [2.75, 3.05) is 6.54 Å². The van der Waals surface area contributed by atoms with Crippen LogP contribution in [0.1, 0.15) is 11.5 Å². The Balaban J connectivity index is 3.34. The van der Waals surface area contributed by atoms with E-state index in [1.165, 1.54) is 12.1 Å². The summed E-state index contributed by atoms with van der Waals surface area (Å²) in [7, 11) is 0. The molecule has 0 aliphatic carbocycles. The Labute approximate surface area is 94.3 Å². The standard InChI is InChI=1S/C9H10BrNO4/c10-5-1-2-6(12)8(13)7(5)4(3-11)9(14)15/h1-2,4,12-13H,3,11H2,(H,14,15). The summed E-state index contributed by atoms with van der Waals surface area (Å²) in [5, 5.41) is 27.6. The molecule has 0 saturated heterocycles. The first-order chi connectivity index (χ1) is 6.99. The van der Waals surface area contributed by atoms with E-state index in [9.17, 15) is 15.0 Å². The lowest BCUT2D eigenvalue weighted by atomic mass is 9.98. The third-order valence-corrected chi connectivity index (χ3v) is 2.72. The van der Waals surface area contributed by atoms with Gasteiger partial charge in [-0.2, -0.15) is 0 Å². The SMILES string of the molecule is NCC(C(=O)O)c1c(Br)ccc(O)c1O. The summed E-state index contributed by atoms with van der Waals surface area (Å²) in [4.78, 5) is 10.9. The molecule has 0 fully saturated rings. The van der Waals surface area contributed by atoms with E-state index >= 15 is 0 Å². The number of halogens is 1. The fourth-order valence-electron chi connectivity index (χ4n) is 1.25. The van der Waals surface area contributed by atoms with Gasteiger partial charge in [0.05, 0.1) is 5.92 Å². The first-order valence-corrected chi connectivity index (χ1v) is 4.91. The highest BCUT2D eigenvalue weighted by Gasteiger charge is 2.25. The van der Waals surface area contributed by atoms with Crippen LogP contribution in [-0.2, 0) is 4.79 Å². The van der Waals surface area contributed by atoms with Gasteiger partial charge in [0, 0.05) is 16.6 Å². The van der Waals surface area contributed by atoms with Gasteiger partial charge < -0.3 is 21.1 Å². The lowest BCUT2D eigenvalue weighted by molar-refractivity contribution is -0.138. The number of aromatic hydroxyl groups is 2. The molecular formula is C9H10BrNO4. The fourth-order valence-corrected chi connectivity index (χ4v) is 1.84. The fraction of sp³-hybridized carbons (Fsp3) is 0.222. The van der Waals surface area contributed by atoms with Crippen molar-refractivity contribution in [3.63, 3.8) is 0 Å². The number of nitrogens with two attached hydrogens (primary N) is 1. The van der Waals surface area contributed by atoms with Crippen molar-refractivity contribution in [1.82, 2.24) is 0 Å². The lowest BCUT2D eigenvalue weighted by Gasteiger charge is -2.14. The number of hydrogen-bond donors (Lipinski definition) is 4. The van der Waals surface area contributed by atoms with E-state index < -0.39 is 17.6 Å². The average molecular weight is 276 g/mol. The van der Waals surface area contributed by atoms with Crippen molar-refractivity contribution in [2.45, 2.75) is 5.92 Å². The number of aliphatic carboxylic acids is 1. The van der Waals surface area contributed by atoms with E-state index in [2.05, 4.69) is 15.9 Å². The van der Waals surface area contributed by atoms with E-state index in [1.54, 1.807) is 0 Å². The molecule has 1 aromatic rings. The van der Waals surface area contributed by atoms with Crippen LogP contribution in [0.5, 0.6) is 11.5 Å². The van der Waals surface area contributed by atoms with Crippen LogP contribution in [0.4, 0.5) is 0 Å².